The predicted octanol–water partition coefficient (Wildman–Crippen LogP) is 2.95. The molecular formula is C11H11Cl2N5O. The van der Waals surface area contributed by atoms with Gasteiger partial charge in [0.25, 0.3) is 0 Å². The van der Waals surface area contributed by atoms with E-state index >= 15 is 0 Å². The first-order valence-corrected chi connectivity index (χ1v) is 6.03. The number of aromatic nitrogens is 2. The monoisotopic (exact) mass is 299 g/mol. The van der Waals surface area contributed by atoms with Gasteiger partial charge in [0.1, 0.15) is 0 Å². The summed E-state index contributed by atoms with van der Waals surface area (Å²) in [6, 6.07) is 4.34. The predicted molar refractivity (Wildman–Crippen MR) is 76.7 cm³/mol. The molecule has 0 aliphatic heterocycles. The third kappa shape index (κ3) is 3.10. The average Bonchev–Trinajstić information content (AvgIpc) is 2.66. The van der Waals surface area contributed by atoms with Crippen molar-refractivity contribution in [2.45, 2.75) is 0 Å². The molecule has 0 bridgehead atoms. The molecule has 0 radical (unpaired) electrons. The number of aryl methyl sites for hydroxylation is 1. The number of carbonyl (C=O) groups excluding carboxylic acids is 1. The fourth-order valence-corrected chi connectivity index (χ4v) is 1.75. The Hall–Kier alpha value is -1.92. The summed E-state index contributed by atoms with van der Waals surface area (Å²) in [5.41, 5.74) is 6.56. The minimum absolute atomic E-state index is 0.361. The maximum atomic E-state index is 11.8. The molecule has 4 N–H and O–H groups in total. The molecular weight excluding hydrogens is 289 g/mol. The standard InChI is InChI=1S/C11H11Cl2N5O/c1-18-10(9(14)5-15-18)17-11(19)16-6-2-3-7(12)8(13)4-6/h2-5H,14H2,1H3,(H2,16,17,19). The highest BCUT2D eigenvalue weighted by Crippen LogP contribution is 2.25. The Kier molecular flexibility index (Phi) is 3.82. The molecule has 2 rings (SSSR count). The van der Waals surface area contributed by atoms with Crippen LogP contribution in [0.1, 0.15) is 0 Å². The van der Waals surface area contributed by atoms with Crippen molar-refractivity contribution in [2.24, 2.45) is 7.05 Å². The normalized spacial score (nSPS) is 10.3. The van der Waals surface area contributed by atoms with E-state index in [0.717, 1.165) is 0 Å². The van der Waals surface area contributed by atoms with Crippen LogP contribution in [0.2, 0.25) is 10.0 Å². The van der Waals surface area contributed by atoms with Crippen LogP contribution in [0.3, 0.4) is 0 Å². The van der Waals surface area contributed by atoms with Gasteiger partial charge in [0, 0.05) is 12.7 Å². The molecule has 0 saturated carbocycles. The van der Waals surface area contributed by atoms with Crippen LogP contribution in [0, 0.1) is 0 Å². The summed E-state index contributed by atoms with van der Waals surface area (Å²) in [5, 5.41) is 9.90. The van der Waals surface area contributed by atoms with Crippen molar-refractivity contribution < 1.29 is 4.79 Å². The third-order valence-corrected chi connectivity index (χ3v) is 3.12. The highest BCUT2D eigenvalue weighted by Gasteiger charge is 2.10. The molecule has 1 aromatic heterocycles. The highest BCUT2D eigenvalue weighted by molar-refractivity contribution is 6.42. The second kappa shape index (κ2) is 5.38. The number of hydrogen-bond donors (Lipinski definition) is 3. The molecule has 2 aromatic rings. The van der Waals surface area contributed by atoms with Crippen LogP contribution >= 0.6 is 23.2 Å². The van der Waals surface area contributed by atoms with Crippen molar-refractivity contribution in [2.75, 3.05) is 16.4 Å². The molecule has 19 heavy (non-hydrogen) atoms. The number of carbonyl (C=O) groups is 1. The fourth-order valence-electron chi connectivity index (χ4n) is 1.45. The summed E-state index contributed by atoms with van der Waals surface area (Å²) in [5.74, 6) is 0.414. The van der Waals surface area contributed by atoms with Gasteiger partial charge >= 0.3 is 6.03 Å². The number of nitrogen functional groups attached to an aromatic ring is 1. The molecule has 0 atom stereocenters. The molecule has 1 aromatic carbocycles. The first kappa shape index (κ1) is 13.5. The zero-order valence-electron chi connectivity index (χ0n) is 9.95. The molecule has 0 aliphatic rings. The number of anilines is 3. The molecule has 0 saturated heterocycles. The SMILES string of the molecule is Cn1ncc(N)c1NC(=O)Nc1ccc(Cl)c(Cl)c1. The Morgan fingerprint density at radius 3 is 2.63 bits per heavy atom. The van der Waals surface area contributed by atoms with E-state index in [1.165, 1.54) is 10.9 Å². The summed E-state index contributed by atoms with van der Waals surface area (Å²) < 4.78 is 1.46. The smallest absolute Gasteiger partial charge is 0.324 e. The quantitative estimate of drug-likeness (QED) is 0.797. The molecule has 100 valence electrons. The van der Waals surface area contributed by atoms with Gasteiger partial charge in [-0.3, -0.25) is 10.00 Å². The van der Waals surface area contributed by atoms with E-state index in [4.69, 9.17) is 28.9 Å². The second-order valence-corrected chi connectivity index (χ2v) is 4.59. The van der Waals surface area contributed by atoms with Crippen LogP contribution < -0.4 is 16.4 Å². The molecule has 1 heterocycles. The number of nitrogens with one attached hydrogen (secondary N) is 2. The van der Waals surface area contributed by atoms with E-state index < -0.39 is 6.03 Å². The van der Waals surface area contributed by atoms with E-state index in [-0.39, 0.29) is 0 Å². The van der Waals surface area contributed by atoms with Crippen LogP contribution in [0.25, 0.3) is 0 Å². The topological polar surface area (TPSA) is 85.0 Å². The van der Waals surface area contributed by atoms with Gasteiger partial charge in [-0.15, -0.1) is 0 Å². The summed E-state index contributed by atoms with van der Waals surface area (Å²) in [6.45, 7) is 0. The maximum Gasteiger partial charge on any atom is 0.324 e. The van der Waals surface area contributed by atoms with Crippen molar-refractivity contribution in [3.8, 4) is 0 Å². The molecule has 0 unspecified atom stereocenters. The first-order chi connectivity index (χ1) is 8.97. The minimum Gasteiger partial charge on any atom is -0.394 e. The minimum atomic E-state index is -0.450. The van der Waals surface area contributed by atoms with Crippen molar-refractivity contribution in [3.63, 3.8) is 0 Å². The van der Waals surface area contributed by atoms with Crippen LogP contribution in [-0.4, -0.2) is 15.8 Å². The van der Waals surface area contributed by atoms with Crippen LogP contribution in [0.5, 0.6) is 0 Å². The molecule has 0 fully saturated rings. The molecule has 2 amide bonds. The van der Waals surface area contributed by atoms with Gasteiger partial charge < -0.3 is 11.1 Å². The first-order valence-electron chi connectivity index (χ1n) is 5.28. The van der Waals surface area contributed by atoms with Gasteiger partial charge in [0.2, 0.25) is 0 Å². The summed E-state index contributed by atoms with van der Waals surface area (Å²) >= 11 is 11.6. The Morgan fingerprint density at radius 2 is 2.05 bits per heavy atom. The van der Waals surface area contributed by atoms with Crippen molar-refractivity contribution in [1.82, 2.24) is 9.78 Å². The number of nitrogens with two attached hydrogens (primary N) is 1. The molecule has 8 heteroatoms. The van der Waals surface area contributed by atoms with Gasteiger partial charge in [0.05, 0.1) is 21.9 Å². The number of urea groups is 1. The summed E-state index contributed by atoms with van der Waals surface area (Å²) in [7, 11) is 1.67. The second-order valence-electron chi connectivity index (χ2n) is 3.78. The molecule has 0 spiro atoms. The Balaban J connectivity index is 2.07. The number of rotatable bonds is 2. The van der Waals surface area contributed by atoms with Crippen molar-refractivity contribution in [1.29, 1.82) is 0 Å². The van der Waals surface area contributed by atoms with E-state index in [0.29, 0.717) is 27.2 Å². The van der Waals surface area contributed by atoms with E-state index in [9.17, 15) is 4.79 Å². The van der Waals surface area contributed by atoms with Crippen LogP contribution in [0.15, 0.2) is 24.4 Å². The summed E-state index contributed by atoms with van der Waals surface area (Å²) in [4.78, 5) is 11.8. The van der Waals surface area contributed by atoms with Gasteiger partial charge in [-0.2, -0.15) is 5.10 Å². The Labute approximate surface area is 119 Å². The maximum absolute atomic E-state index is 11.8. The van der Waals surface area contributed by atoms with E-state index in [1.807, 2.05) is 0 Å². The number of nitrogens with zero attached hydrogens (tertiary/aromatic N) is 2. The van der Waals surface area contributed by atoms with Gasteiger partial charge in [-0.25, -0.2) is 4.79 Å². The average molecular weight is 300 g/mol. The largest absolute Gasteiger partial charge is 0.394 e. The third-order valence-electron chi connectivity index (χ3n) is 2.38. The zero-order valence-corrected chi connectivity index (χ0v) is 11.5. The lowest BCUT2D eigenvalue weighted by molar-refractivity contribution is 0.262. The molecule has 6 nitrogen and oxygen atoms in total. The number of benzene rings is 1. The lowest BCUT2D eigenvalue weighted by Gasteiger charge is -2.09. The number of hydrogen-bond acceptors (Lipinski definition) is 3. The van der Waals surface area contributed by atoms with Crippen LogP contribution in [-0.2, 0) is 7.05 Å². The van der Waals surface area contributed by atoms with Crippen molar-refractivity contribution in [3.05, 3.63) is 34.4 Å². The fraction of sp³-hybridized carbons (Fsp3) is 0.0909. The Morgan fingerprint density at radius 1 is 1.32 bits per heavy atom. The Bertz CT molecular complexity index is 606. The lowest BCUT2D eigenvalue weighted by atomic mass is 10.3. The van der Waals surface area contributed by atoms with Gasteiger partial charge in [-0.1, -0.05) is 23.2 Å². The number of halogens is 2. The highest BCUT2D eigenvalue weighted by atomic mass is 35.5. The van der Waals surface area contributed by atoms with E-state index in [2.05, 4.69) is 15.7 Å². The van der Waals surface area contributed by atoms with Crippen LogP contribution in [0.4, 0.5) is 22.0 Å². The van der Waals surface area contributed by atoms with Gasteiger partial charge in [-0.05, 0) is 18.2 Å². The van der Waals surface area contributed by atoms with E-state index in [1.54, 1.807) is 25.2 Å². The lowest BCUT2D eigenvalue weighted by Crippen LogP contribution is -2.21. The number of amides is 2. The zero-order chi connectivity index (χ0) is 14.0. The van der Waals surface area contributed by atoms with Crippen molar-refractivity contribution >= 4 is 46.4 Å². The summed E-state index contributed by atoms with van der Waals surface area (Å²) in [6.07, 6.45) is 1.45. The molecule has 0 aliphatic carbocycles. The van der Waals surface area contributed by atoms with Gasteiger partial charge in [0.15, 0.2) is 5.82 Å².